The number of aromatic hydroxyl groups is 1. The highest BCUT2D eigenvalue weighted by Gasteiger charge is 2.19. The van der Waals surface area contributed by atoms with Crippen molar-refractivity contribution in [3.63, 3.8) is 0 Å². The number of allylic oxidation sites excluding steroid dienone is 1. The number of para-hydroxylation sites is 1. The van der Waals surface area contributed by atoms with Crippen LogP contribution in [0.2, 0.25) is 0 Å². The average Bonchev–Trinajstić information content (AvgIpc) is 2.59. The van der Waals surface area contributed by atoms with Crippen LogP contribution in [0.15, 0.2) is 61.2 Å². The SMILES string of the molecule is C=CCCC[C@@H](OCc1ccccc1)c1cccc(O)c1OC. The van der Waals surface area contributed by atoms with E-state index in [9.17, 15) is 5.11 Å². The topological polar surface area (TPSA) is 38.7 Å². The van der Waals surface area contributed by atoms with Crippen LogP contribution in [0.5, 0.6) is 11.5 Å². The molecule has 0 heterocycles. The third-order valence-corrected chi connectivity index (χ3v) is 3.74. The molecule has 3 heteroatoms. The minimum atomic E-state index is -0.128. The molecule has 0 bridgehead atoms. The van der Waals surface area contributed by atoms with Gasteiger partial charge in [-0.05, 0) is 30.9 Å². The van der Waals surface area contributed by atoms with E-state index in [-0.39, 0.29) is 11.9 Å². The molecule has 0 saturated carbocycles. The molecule has 23 heavy (non-hydrogen) atoms. The van der Waals surface area contributed by atoms with Crippen LogP contribution in [-0.2, 0) is 11.3 Å². The van der Waals surface area contributed by atoms with Crippen LogP contribution < -0.4 is 4.74 Å². The molecule has 0 unspecified atom stereocenters. The monoisotopic (exact) mass is 312 g/mol. The fourth-order valence-corrected chi connectivity index (χ4v) is 2.57. The smallest absolute Gasteiger partial charge is 0.166 e. The van der Waals surface area contributed by atoms with Crippen molar-refractivity contribution in [2.75, 3.05) is 7.11 Å². The van der Waals surface area contributed by atoms with E-state index in [0.717, 1.165) is 30.4 Å². The number of rotatable bonds is 9. The van der Waals surface area contributed by atoms with Gasteiger partial charge in [-0.3, -0.25) is 0 Å². The van der Waals surface area contributed by atoms with E-state index in [1.54, 1.807) is 13.2 Å². The summed E-state index contributed by atoms with van der Waals surface area (Å²) in [7, 11) is 1.57. The lowest BCUT2D eigenvalue weighted by molar-refractivity contribution is 0.0310. The molecule has 2 rings (SSSR count). The summed E-state index contributed by atoms with van der Waals surface area (Å²) in [4.78, 5) is 0. The fourth-order valence-electron chi connectivity index (χ4n) is 2.57. The molecule has 0 saturated heterocycles. The van der Waals surface area contributed by atoms with Gasteiger partial charge in [0.25, 0.3) is 0 Å². The molecule has 1 N–H and O–H groups in total. The van der Waals surface area contributed by atoms with E-state index < -0.39 is 0 Å². The lowest BCUT2D eigenvalue weighted by Gasteiger charge is -2.21. The third kappa shape index (κ3) is 4.86. The first kappa shape index (κ1) is 17.1. The van der Waals surface area contributed by atoms with E-state index in [0.29, 0.717) is 12.4 Å². The van der Waals surface area contributed by atoms with E-state index in [1.165, 1.54) is 0 Å². The summed E-state index contributed by atoms with van der Waals surface area (Å²) in [6.45, 7) is 4.29. The standard InChI is InChI=1S/C20H24O3/c1-3-4-6-14-19(23-15-16-10-7-5-8-11-16)17-12-9-13-18(21)20(17)22-2/h3,5,7-13,19,21H,1,4,6,14-15H2,2H3/t19-/m1/s1. The summed E-state index contributed by atoms with van der Waals surface area (Å²) in [5, 5.41) is 10.0. The zero-order valence-electron chi connectivity index (χ0n) is 13.6. The summed E-state index contributed by atoms with van der Waals surface area (Å²) in [5.41, 5.74) is 2.01. The fraction of sp³-hybridized carbons (Fsp3) is 0.300. The molecule has 3 nitrogen and oxygen atoms in total. The lowest BCUT2D eigenvalue weighted by Crippen LogP contribution is -2.07. The van der Waals surface area contributed by atoms with Gasteiger partial charge in [-0.15, -0.1) is 6.58 Å². The van der Waals surface area contributed by atoms with Crippen LogP contribution in [-0.4, -0.2) is 12.2 Å². The van der Waals surface area contributed by atoms with Crippen LogP contribution in [0, 0.1) is 0 Å². The van der Waals surface area contributed by atoms with Gasteiger partial charge in [-0.25, -0.2) is 0 Å². The van der Waals surface area contributed by atoms with Crippen molar-refractivity contribution in [2.45, 2.75) is 32.0 Å². The minimum Gasteiger partial charge on any atom is -0.504 e. The highest BCUT2D eigenvalue weighted by molar-refractivity contribution is 5.46. The summed E-state index contributed by atoms with van der Waals surface area (Å²) in [5.74, 6) is 0.631. The molecule has 0 amide bonds. The highest BCUT2D eigenvalue weighted by atomic mass is 16.5. The number of benzene rings is 2. The number of methoxy groups -OCH3 is 1. The Kier molecular flexibility index (Phi) is 6.70. The van der Waals surface area contributed by atoms with E-state index in [4.69, 9.17) is 9.47 Å². The molecule has 0 aromatic heterocycles. The summed E-state index contributed by atoms with van der Waals surface area (Å²) >= 11 is 0. The second kappa shape index (κ2) is 9.01. The maximum Gasteiger partial charge on any atom is 0.166 e. The van der Waals surface area contributed by atoms with Crippen molar-refractivity contribution >= 4 is 0 Å². The minimum absolute atomic E-state index is 0.128. The number of hydrogen-bond donors (Lipinski definition) is 1. The van der Waals surface area contributed by atoms with Crippen LogP contribution in [0.4, 0.5) is 0 Å². The molecule has 0 radical (unpaired) electrons. The highest BCUT2D eigenvalue weighted by Crippen LogP contribution is 2.37. The molecule has 2 aromatic rings. The zero-order chi connectivity index (χ0) is 16.5. The van der Waals surface area contributed by atoms with Gasteiger partial charge < -0.3 is 14.6 Å². The first-order valence-electron chi connectivity index (χ1n) is 7.88. The van der Waals surface area contributed by atoms with E-state index in [1.807, 2.05) is 48.5 Å². The first-order chi connectivity index (χ1) is 11.3. The van der Waals surface area contributed by atoms with Gasteiger partial charge in [-0.2, -0.15) is 0 Å². The molecule has 1 atom stereocenters. The number of ether oxygens (including phenoxy) is 2. The predicted octanol–water partition coefficient (Wildman–Crippen LogP) is 5.02. The van der Waals surface area contributed by atoms with Gasteiger partial charge in [0.05, 0.1) is 19.8 Å². The maximum atomic E-state index is 10.0. The second-order valence-corrected chi connectivity index (χ2v) is 5.40. The van der Waals surface area contributed by atoms with E-state index in [2.05, 4.69) is 6.58 Å². The molecular weight excluding hydrogens is 288 g/mol. The van der Waals surface area contributed by atoms with Gasteiger partial charge in [-0.1, -0.05) is 48.5 Å². The summed E-state index contributed by atoms with van der Waals surface area (Å²) in [6, 6.07) is 15.5. The molecule has 0 spiro atoms. The lowest BCUT2D eigenvalue weighted by atomic mass is 10.0. The summed E-state index contributed by atoms with van der Waals surface area (Å²) < 4.78 is 11.5. The average molecular weight is 312 g/mol. The molecule has 122 valence electrons. The van der Waals surface area contributed by atoms with Crippen molar-refractivity contribution in [3.05, 3.63) is 72.3 Å². The Morgan fingerprint density at radius 3 is 2.61 bits per heavy atom. The van der Waals surface area contributed by atoms with Gasteiger partial charge in [0.15, 0.2) is 11.5 Å². The van der Waals surface area contributed by atoms with E-state index >= 15 is 0 Å². The Labute approximate surface area is 138 Å². The molecule has 0 aliphatic rings. The Morgan fingerprint density at radius 1 is 1.13 bits per heavy atom. The van der Waals surface area contributed by atoms with Crippen molar-refractivity contribution in [2.24, 2.45) is 0 Å². The van der Waals surface area contributed by atoms with Gasteiger partial charge in [0.2, 0.25) is 0 Å². The number of hydrogen-bond acceptors (Lipinski definition) is 3. The molecule has 0 aliphatic heterocycles. The maximum absolute atomic E-state index is 10.0. The quantitative estimate of drug-likeness (QED) is 0.522. The van der Waals surface area contributed by atoms with Crippen LogP contribution in [0.3, 0.4) is 0 Å². The Bertz CT molecular complexity index is 608. The van der Waals surface area contributed by atoms with Crippen molar-refractivity contribution in [3.8, 4) is 11.5 Å². The molecule has 0 fully saturated rings. The number of unbranched alkanes of at least 4 members (excludes halogenated alkanes) is 1. The zero-order valence-corrected chi connectivity index (χ0v) is 13.6. The Morgan fingerprint density at radius 2 is 1.91 bits per heavy atom. The summed E-state index contributed by atoms with van der Waals surface area (Å²) in [6.07, 6.45) is 4.54. The van der Waals surface area contributed by atoms with Crippen molar-refractivity contribution in [1.82, 2.24) is 0 Å². The van der Waals surface area contributed by atoms with Crippen molar-refractivity contribution in [1.29, 1.82) is 0 Å². The third-order valence-electron chi connectivity index (χ3n) is 3.74. The van der Waals surface area contributed by atoms with Gasteiger partial charge in [0, 0.05) is 5.56 Å². The molecule has 0 aliphatic carbocycles. The largest absolute Gasteiger partial charge is 0.504 e. The Hall–Kier alpha value is -2.26. The number of phenols is 1. The molecule has 2 aromatic carbocycles. The normalized spacial score (nSPS) is 11.9. The van der Waals surface area contributed by atoms with Crippen molar-refractivity contribution < 1.29 is 14.6 Å². The molecular formula is C20H24O3. The van der Waals surface area contributed by atoms with Gasteiger partial charge in [0.1, 0.15) is 0 Å². The number of phenolic OH excluding ortho intramolecular Hbond substituents is 1. The predicted molar refractivity (Wildman–Crippen MR) is 92.7 cm³/mol. The van der Waals surface area contributed by atoms with Crippen LogP contribution in [0.25, 0.3) is 0 Å². The second-order valence-electron chi connectivity index (χ2n) is 5.40. The Balaban J connectivity index is 2.16. The van der Waals surface area contributed by atoms with Crippen LogP contribution in [0.1, 0.15) is 36.5 Å². The first-order valence-corrected chi connectivity index (χ1v) is 7.88. The van der Waals surface area contributed by atoms with Gasteiger partial charge >= 0.3 is 0 Å². The van der Waals surface area contributed by atoms with Crippen LogP contribution >= 0.6 is 0 Å².